The number of hydrogen-bond acceptors (Lipinski definition) is 5. The SMILES string of the molecule is O=C(Nc1nc(-c2ccccc2)ns1)c1cccc(CN2CCCC2)c1. The molecule has 3 aromatic rings. The maximum absolute atomic E-state index is 12.6. The van der Waals surface area contributed by atoms with E-state index >= 15 is 0 Å². The van der Waals surface area contributed by atoms with Crippen molar-refractivity contribution >= 4 is 22.6 Å². The van der Waals surface area contributed by atoms with Crippen molar-refractivity contribution in [2.75, 3.05) is 18.4 Å². The zero-order valence-electron chi connectivity index (χ0n) is 14.4. The quantitative estimate of drug-likeness (QED) is 0.742. The van der Waals surface area contributed by atoms with E-state index in [1.54, 1.807) is 0 Å². The number of carbonyl (C=O) groups is 1. The van der Waals surface area contributed by atoms with Gasteiger partial charge in [-0.1, -0.05) is 42.5 Å². The van der Waals surface area contributed by atoms with Gasteiger partial charge in [0, 0.05) is 29.2 Å². The van der Waals surface area contributed by atoms with Gasteiger partial charge in [0.2, 0.25) is 5.13 Å². The van der Waals surface area contributed by atoms with Gasteiger partial charge in [-0.05, 0) is 43.6 Å². The molecular weight excluding hydrogens is 344 g/mol. The van der Waals surface area contributed by atoms with Gasteiger partial charge in [0.05, 0.1) is 0 Å². The number of nitrogens with zero attached hydrogens (tertiary/aromatic N) is 3. The molecule has 2 aromatic carbocycles. The van der Waals surface area contributed by atoms with Gasteiger partial charge in [0.25, 0.3) is 5.91 Å². The Bertz CT molecular complexity index is 888. The first-order chi connectivity index (χ1) is 12.8. The first-order valence-electron chi connectivity index (χ1n) is 8.80. The molecule has 1 amide bonds. The molecule has 4 rings (SSSR count). The van der Waals surface area contributed by atoms with E-state index in [2.05, 4.69) is 25.6 Å². The molecule has 1 aromatic heterocycles. The minimum Gasteiger partial charge on any atom is -0.299 e. The summed E-state index contributed by atoms with van der Waals surface area (Å²) in [7, 11) is 0. The number of anilines is 1. The maximum atomic E-state index is 12.6. The summed E-state index contributed by atoms with van der Waals surface area (Å²) in [4.78, 5) is 19.4. The van der Waals surface area contributed by atoms with Crippen LogP contribution in [0.5, 0.6) is 0 Å². The largest absolute Gasteiger partial charge is 0.299 e. The lowest BCUT2D eigenvalue weighted by molar-refractivity contribution is 0.102. The van der Waals surface area contributed by atoms with E-state index in [-0.39, 0.29) is 5.91 Å². The summed E-state index contributed by atoms with van der Waals surface area (Å²) in [6.07, 6.45) is 2.53. The van der Waals surface area contributed by atoms with Crippen molar-refractivity contribution in [2.45, 2.75) is 19.4 Å². The zero-order valence-corrected chi connectivity index (χ0v) is 15.2. The third kappa shape index (κ3) is 3.98. The second-order valence-corrected chi connectivity index (χ2v) is 7.18. The van der Waals surface area contributed by atoms with Crippen molar-refractivity contribution in [3.8, 4) is 11.4 Å². The van der Waals surface area contributed by atoms with E-state index in [0.29, 0.717) is 16.5 Å². The summed E-state index contributed by atoms with van der Waals surface area (Å²) in [6, 6.07) is 17.6. The van der Waals surface area contributed by atoms with Crippen LogP contribution in [0.3, 0.4) is 0 Å². The Kier molecular flexibility index (Phi) is 5.04. The molecule has 0 spiro atoms. The maximum Gasteiger partial charge on any atom is 0.257 e. The second-order valence-electron chi connectivity index (χ2n) is 6.43. The molecule has 26 heavy (non-hydrogen) atoms. The molecule has 132 valence electrons. The highest BCUT2D eigenvalue weighted by Gasteiger charge is 2.14. The lowest BCUT2D eigenvalue weighted by Crippen LogP contribution is -2.19. The fourth-order valence-corrected chi connectivity index (χ4v) is 3.74. The lowest BCUT2D eigenvalue weighted by atomic mass is 10.1. The van der Waals surface area contributed by atoms with Crippen LogP contribution in [0.1, 0.15) is 28.8 Å². The Balaban J connectivity index is 1.44. The predicted molar refractivity (Wildman–Crippen MR) is 104 cm³/mol. The fourth-order valence-electron chi connectivity index (χ4n) is 3.16. The third-order valence-corrected chi connectivity index (χ3v) is 5.10. The summed E-state index contributed by atoms with van der Waals surface area (Å²) in [5.74, 6) is 0.484. The molecule has 0 bridgehead atoms. The van der Waals surface area contributed by atoms with Crippen LogP contribution < -0.4 is 5.32 Å². The summed E-state index contributed by atoms with van der Waals surface area (Å²) in [5.41, 5.74) is 2.76. The van der Waals surface area contributed by atoms with Crippen molar-refractivity contribution < 1.29 is 4.79 Å². The molecule has 0 aliphatic carbocycles. The number of carbonyl (C=O) groups excluding carboxylic acids is 1. The normalized spacial score (nSPS) is 14.5. The van der Waals surface area contributed by atoms with Crippen LogP contribution in [-0.4, -0.2) is 33.3 Å². The van der Waals surface area contributed by atoms with E-state index in [0.717, 1.165) is 25.2 Å². The minimum atomic E-state index is -0.149. The van der Waals surface area contributed by atoms with Crippen LogP contribution in [-0.2, 0) is 6.54 Å². The molecule has 1 saturated heterocycles. The van der Waals surface area contributed by atoms with Crippen LogP contribution >= 0.6 is 11.5 Å². The number of benzene rings is 2. The summed E-state index contributed by atoms with van der Waals surface area (Å²) >= 11 is 1.20. The Morgan fingerprint density at radius 1 is 1.08 bits per heavy atom. The van der Waals surface area contributed by atoms with Crippen LogP contribution in [0.2, 0.25) is 0 Å². The van der Waals surface area contributed by atoms with Crippen LogP contribution in [0.15, 0.2) is 54.6 Å². The van der Waals surface area contributed by atoms with Gasteiger partial charge in [-0.2, -0.15) is 9.36 Å². The molecule has 2 heterocycles. The topological polar surface area (TPSA) is 58.1 Å². The molecule has 0 radical (unpaired) electrons. The van der Waals surface area contributed by atoms with Crippen LogP contribution in [0.4, 0.5) is 5.13 Å². The number of amides is 1. The molecule has 1 aliphatic rings. The summed E-state index contributed by atoms with van der Waals surface area (Å²) in [6.45, 7) is 3.19. The molecule has 0 unspecified atom stereocenters. The van der Waals surface area contributed by atoms with Crippen LogP contribution in [0.25, 0.3) is 11.4 Å². The van der Waals surface area contributed by atoms with Crippen molar-refractivity contribution in [3.05, 3.63) is 65.7 Å². The highest BCUT2D eigenvalue weighted by Crippen LogP contribution is 2.21. The summed E-state index contributed by atoms with van der Waals surface area (Å²) in [5, 5.41) is 3.37. The smallest absolute Gasteiger partial charge is 0.257 e. The van der Waals surface area contributed by atoms with Crippen molar-refractivity contribution in [3.63, 3.8) is 0 Å². The van der Waals surface area contributed by atoms with Gasteiger partial charge in [0.1, 0.15) is 0 Å². The molecule has 5 nitrogen and oxygen atoms in total. The molecule has 6 heteroatoms. The number of rotatable bonds is 5. The first kappa shape index (κ1) is 16.9. The number of hydrogen-bond donors (Lipinski definition) is 1. The minimum absolute atomic E-state index is 0.149. The molecule has 1 fully saturated rings. The molecular formula is C20H20N4OS. The van der Waals surface area contributed by atoms with E-state index in [1.165, 1.54) is 29.9 Å². The van der Waals surface area contributed by atoms with Gasteiger partial charge < -0.3 is 0 Å². The first-order valence-corrected chi connectivity index (χ1v) is 9.57. The van der Waals surface area contributed by atoms with Crippen LogP contribution in [0, 0.1) is 0 Å². The molecule has 1 aliphatic heterocycles. The number of aromatic nitrogens is 2. The van der Waals surface area contributed by atoms with Gasteiger partial charge >= 0.3 is 0 Å². The number of likely N-dealkylation sites (tertiary alicyclic amines) is 1. The Labute approximate surface area is 156 Å². The van der Waals surface area contributed by atoms with Crippen molar-refractivity contribution in [2.24, 2.45) is 0 Å². The highest BCUT2D eigenvalue weighted by molar-refractivity contribution is 7.10. The third-order valence-electron chi connectivity index (χ3n) is 4.47. The van der Waals surface area contributed by atoms with E-state index in [1.807, 2.05) is 48.5 Å². The van der Waals surface area contributed by atoms with E-state index in [4.69, 9.17) is 0 Å². The van der Waals surface area contributed by atoms with Gasteiger partial charge in [-0.3, -0.25) is 15.0 Å². The Morgan fingerprint density at radius 3 is 2.69 bits per heavy atom. The van der Waals surface area contributed by atoms with Gasteiger partial charge in [-0.15, -0.1) is 0 Å². The lowest BCUT2D eigenvalue weighted by Gasteiger charge is -2.14. The zero-order chi connectivity index (χ0) is 17.8. The standard InChI is InChI=1S/C20H20N4OS/c25-19(17-10-6-7-15(13-17)14-24-11-4-5-12-24)22-20-21-18(23-26-20)16-8-2-1-3-9-16/h1-3,6-10,13H,4-5,11-12,14H2,(H,21,22,23,25). The number of nitrogens with one attached hydrogen (secondary N) is 1. The average Bonchev–Trinajstić information content (AvgIpc) is 3.35. The van der Waals surface area contributed by atoms with Crippen molar-refractivity contribution in [1.29, 1.82) is 0 Å². The predicted octanol–water partition coefficient (Wildman–Crippen LogP) is 4.05. The fraction of sp³-hybridized carbons (Fsp3) is 0.250. The van der Waals surface area contributed by atoms with E-state index in [9.17, 15) is 4.79 Å². The van der Waals surface area contributed by atoms with E-state index < -0.39 is 0 Å². The molecule has 0 saturated carbocycles. The molecule has 0 atom stereocenters. The Hall–Kier alpha value is -2.57. The van der Waals surface area contributed by atoms with Crippen molar-refractivity contribution in [1.82, 2.24) is 14.3 Å². The second kappa shape index (κ2) is 7.76. The van der Waals surface area contributed by atoms with Gasteiger partial charge in [0.15, 0.2) is 5.82 Å². The summed E-state index contributed by atoms with van der Waals surface area (Å²) < 4.78 is 4.33. The Morgan fingerprint density at radius 2 is 1.88 bits per heavy atom. The molecule has 1 N–H and O–H groups in total. The highest BCUT2D eigenvalue weighted by atomic mass is 32.1. The average molecular weight is 364 g/mol. The van der Waals surface area contributed by atoms with Gasteiger partial charge in [-0.25, -0.2) is 0 Å². The monoisotopic (exact) mass is 364 g/mol.